The van der Waals surface area contributed by atoms with E-state index in [1.807, 2.05) is 25.1 Å². The fourth-order valence-electron chi connectivity index (χ4n) is 1.74. The zero-order chi connectivity index (χ0) is 13.4. The lowest BCUT2D eigenvalue weighted by Crippen LogP contribution is -2.02. The highest BCUT2D eigenvalue weighted by Crippen LogP contribution is 2.25. The van der Waals surface area contributed by atoms with Crippen LogP contribution in [0.1, 0.15) is 5.56 Å². The van der Waals surface area contributed by atoms with Crippen molar-refractivity contribution >= 4 is 40.5 Å². The Morgan fingerprint density at radius 1 is 1.21 bits per heavy atom. The van der Waals surface area contributed by atoms with Crippen molar-refractivity contribution < 1.29 is 0 Å². The van der Waals surface area contributed by atoms with Crippen LogP contribution in [0, 0.1) is 6.92 Å². The predicted molar refractivity (Wildman–Crippen MR) is 75.3 cm³/mol. The molecule has 3 rings (SSSR count). The summed E-state index contributed by atoms with van der Waals surface area (Å²) in [5.74, 6) is 1.12. The molecule has 1 N–H and O–H groups in total. The van der Waals surface area contributed by atoms with Crippen LogP contribution in [0.4, 0.5) is 11.5 Å². The second-order valence-corrected chi connectivity index (χ2v) is 4.84. The lowest BCUT2D eigenvalue weighted by Gasteiger charge is -2.11. The van der Waals surface area contributed by atoms with Crippen molar-refractivity contribution in [2.75, 3.05) is 5.32 Å². The van der Waals surface area contributed by atoms with Gasteiger partial charge in [0.25, 0.3) is 5.78 Å². The SMILES string of the molecule is Cc1ccc(Cl)cc1Nc1cc(Cl)nc2ncnn12. The first kappa shape index (κ1) is 12.2. The number of nitrogens with one attached hydrogen (secondary N) is 1. The summed E-state index contributed by atoms with van der Waals surface area (Å²) >= 11 is 12.0. The summed E-state index contributed by atoms with van der Waals surface area (Å²) in [4.78, 5) is 8.08. The Kier molecular flexibility index (Phi) is 3.00. The molecular weight excluding hydrogens is 285 g/mol. The lowest BCUT2D eigenvalue weighted by atomic mass is 10.2. The first-order valence-electron chi connectivity index (χ1n) is 5.53. The molecule has 0 fully saturated rings. The van der Waals surface area contributed by atoms with Crippen LogP contribution in [0.3, 0.4) is 0 Å². The molecule has 1 aromatic carbocycles. The fourth-order valence-corrected chi connectivity index (χ4v) is 2.09. The summed E-state index contributed by atoms with van der Waals surface area (Å²) in [6.45, 7) is 1.99. The molecule has 3 aromatic rings. The number of anilines is 2. The maximum absolute atomic E-state index is 6.00. The molecule has 0 unspecified atom stereocenters. The van der Waals surface area contributed by atoms with Gasteiger partial charge in [0.1, 0.15) is 17.3 Å². The van der Waals surface area contributed by atoms with Crippen LogP contribution in [0.5, 0.6) is 0 Å². The van der Waals surface area contributed by atoms with Gasteiger partial charge in [0.05, 0.1) is 0 Å². The van der Waals surface area contributed by atoms with Crippen molar-refractivity contribution in [3.8, 4) is 0 Å². The molecule has 0 saturated carbocycles. The minimum Gasteiger partial charge on any atom is -0.340 e. The Morgan fingerprint density at radius 2 is 2.05 bits per heavy atom. The molecule has 5 nitrogen and oxygen atoms in total. The van der Waals surface area contributed by atoms with Gasteiger partial charge in [-0.05, 0) is 24.6 Å². The summed E-state index contributed by atoms with van der Waals surface area (Å²) in [7, 11) is 0. The number of fused-ring (bicyclic) bond motifs is 1. The van der Waals surface area contributed by atoms with E-state index in [1.165, 1.54) is 6.33 Å². The van der Waals surface area contributed by atoms with Gasteiger partial charge in [0, 0.05) is 16.8 Å². The van der Waals surface area contributed by atoms with E-state index in [2.05, 4.69) is 20.4 Å². The third kappa shape index (κ3) is 2.34. The molecular formula is C12H9Cl2N5. The number of nitrogens with zero attached hydrogens (tertiary/aromatic N) is 4. The van der Waals surface area contributed by atoms with E-state index >= 15 is 0 Å². The first-order chi connectivity index (χ1) is 9.13. The Labute approximate surface area is 119 Å². The molecule has 0 atom stereocenters. The minimum atomic E-state index is 0.350. The largest absolute Gasteiger partial charge is 0.340 e. The van der Waals surface area contributed by atoms with Crippen molar-refractivity contribution in [3.05, 3.63) is 46.3 Å². The van der Waals surface area contributed by atoms with E-state index < -0.39 is 0 Å². The summed E-state index contributed by atoms with van der Waals surface area (Å²) < 4.78 is 1.58. The highest BCUT2D eigenvalue weighted by Gasteiger charge is 2.08. The highest BCUT2D eigenvalue weighted by molar-refractivity contribution is 6.31. The molecule has 0 aliphatic carbocycles. The van der Waals surface area contributed by atoms with Crippen molar-refractivity contribution in [1.82, 2.24) is 19.6 Å². The summed E-state index contributed by atoms with van der Waals surface area (Å²) in [5.41, 5.74) is 1.94. The number of rotatable bonds is 2. The van der Waals surface area contributed by atoms with Crippen LogP contribution in [0.25, 0.3) is 5.78 Å². The van der Waals surface area contributed by atoms with Gasteiger partial charge in [-0.25, -0.2) is 0 Å². The average Bonchev–Trinajstić information content (AvgIpc) is 2.82. The van der Waals surface area contributed by atoms with Gasteiger partial charge in [-0.3, -0.25) is 0 Å². The standard InChI is InChI=1S/C12H9Cl2N5/c1-7-2-3-8(13)4-9(7)17-11-5-10(14)18-12-15-6-16-19(11)12/h2-6,17H,1H3. The second kappa shape index (κ2) is 4.68. The van der Waals surface area contributed by atoms with E-state index in [0.29, 0.717) is 21.8 Å². The first-order valence-corrected chi connectivity index (χ1v) is 6.28. The quantitative estimate of drug-likeness (QED) is 0.735. The fraction of sp³-hybridized carbons (Fsp3) is 0.0833. The molecule has 0 spiro atoms. The topological polar surface area (TPSA) is 55.1 Å². The lowest BCUT2D eigenvalue weighted by molar-refractivity contribution is 0.947. The molecule has 0 aliphatic heterocycles. The summed E-state index contributed by atoms with van der Waals surface area (Å²) in [6, 6.07) is 7.30. The third-order valence-corrected chi connectivity index (χ3v) is 3.11. The van der Waals surface area contributed by atoms with Gasteiger partial charge in [0.2, 0.25) is 0 Å². The smallest absolute Gasteiger partial charge is 0.255 e. The van der Waals surface area contributed by atoms with Crippen LogP contribution in [-0.2, 0) is 0 Å². The van der Waals surface area contributed by atoms with Gasteiger partial charge >= 0.3 is 0 Å². The van der Waals surface area contributed by atoms with E-state index in [0.717, 1.165) is 11.3 Å². The zero-order valence-electron chi connectivity index (χ0n) is 9.93. The van der Waals surface area contributed by atoms with E-state index in [1.54, 1.807) is 10.6 Å². The molecule has 0 saturated heterocycles. The van der Waals surface area contributed by atoms with Gasteiger partial charge in [-0.2, -0.15) is 19.6 Å². The number of aryl methyl sites for hydroxylation is 1. The average molecular weight is 294 g/mol. The Bertz CT molecular complexity index is 753. The van der Waals surface area contributed by atoms with E-state index in [9.17, 15) is 0 Å². The Morgan fingerprint density at radius 3 is 2.89 bits per heavy atom. The van der Waals surface area contributed by atoms with Crippen LogP contribution in [-0.4, -0.2) is 19.6 Å². The molecule has 0 bridgehead atoms. The molecule has 0 aliphatic rings. The number of halogens is 2. The molecule has 2 aromatic heterocycles. The van der Waals surface area contributed by atoms with Gasteiger partial charge < -0.3 is 5.32 Å². The van der Waals surface area contributed by atoms with Gasteiger partial charge in [-0.15, -0.1) is 0 Å². The highest BCUT2D eigenvalue weighted by atomic mass is 35.5. The minimum absolute atomic E-state index is 0.350. The molecule has 96 valence electrons. The third-order valence-electron chi connectivity index (χ3n) is 2.68. The second-order valence-electron chi connectivity index (χ2n) is 4.02. The van der Waals surface area contributed by atoms with E-state index in [-0.39, 0.29) is 0 Å². The van der Waals surface area contributed by atoms with Crippen molar-refractivity contribution in [2.45, 2.75) is 6.92 Å². The van der Waals surface area contributed by atoms with Crippen molar-refractivity contribution in [2.24, 2.45) is 0 Å². The number of benzene rings is 1. The molecule has 0 radical (unpaired) electrons. The van der Waals surface area contributed by atoms with Crippen molar-refractivity contribution in [1.29, 1.82) is 0 Å². The van der Waals surface area contributed by atoms with Gasteiger partial charge in [0.15, 0.2) is 0 Å². The van der Waals surface area contributed by atoms with E-state index in [4.69, 9.17) is 23.2 Å². The Balaban J connectivity index is 2.10. The van der Waals surface area contributed by atoms with Gasteiger partial charge in [-0.1, -0.05) is 29.3 Å². The number of hydrogen-bond acceptors (Lipinski definition) is 4. The molecule has 7 heteroatoms. The van der Waals surface area contributed by atoms with Crippen LogP contribution < -0.4 is 5.32 Å². The maximum atomic E-state index is 6.00. The number of hydrogen-bond donors (Lipinski definition) is 1. The monoisotopic (exact) mass is 293 g/mol. The summed E-state index contributed by atoms with van der Waals surface area (Å²) in [5, 5.41) is 8.34. The molecule has 2 heterocycles. The molecule has 0 amide bonds. The summed E-state index contributed by atoms with van der Waals surface area (Å²) in [6.07, 6.45) is 1.43. The Hall–Kier alpha value is -1.85. The number of aromatic nitrogens is 4. The van der Waals surface area contributed by atoms with Crippen LogP contribution in [0.15, 0.2) is 30.6 Å². The normalized spacial score (nSPS) is 10.9. The predicted octanol–water partition coefficient (Wildman–Crippen LogP) is 3.48. The van der Waals surface area contributed by atoms with Crippen molar-refractivity contribution in [3.63, 3.8) is 0 Å². The zero-order valence-corrected chi connectivity index (χ0v) is 11.4. The maximum Gasteiger partial charge on any atom is 0.255 e. The van der Waals surface area contributed by atoms with Crippen LogP contribution >= 0.6 is 23.2 Å². The van der Waals surface area contributed by atoms with Crippen LogP contribution in [0.2, 0.25) is 10.2 Å². The molecule has 19 heavy (non-hydrogen) atoms.